The van der Waals surface area contributed by atoms with E-state index in [0.29, 0.717) is 11.3 Å². The van der Waals surface area contributed by atoms with Gasteiger partial charge in [0.2, 0.25) is 23.6 Å². The van der Waals surface area contributed by atoms with Crippen LogP contribution in [0.1, 0.15) is 83.5 Å². The molecule has 0 spiro atoms. The highest BCUT2D eigenvalue weighted by atomic mass is 19.4. The smallest absolute Gasteiger partial charge is 0.408 e. The molecule has 0 bridgehead atoms. The highest BCUT2D eigenvalue weighted by Gasteiger charge is 2.60. The summed E-state index contributed by atoms with van der Waals surface area (Å²) in [6, 6.07) is -1.43. The van der Waals surface area contributed by atoms with Crippen molar-refractivity contribution < 1.29 is 45.3 Å². The monoisotopic (exact) mass is 667 g/mol. The second-order valence-corrected chi connectivity index (χ2v) is 12.1. The molecular weight excluding hydrogens is 637 g/mol. The van der Waals surface area contributed by atoms with Crippen LogP contribution >= 0.6 is 0 Å². The lowest BCUT2D eigenvalue weighted by molar-refractivity contribution is -0.156. The minimum atomic E-state index is -4.73. The van der Waals surface area contributed by atoms with Crippen LogP contribution in [0.4, 0.5) is 22.0 Å². The van der Waals surface area contributed by atoms with Gasteiger partial charge in [-0.1, -0.05) is 5.16 Å². The molecule has 4 atom stereocenters. The predicted octanol–water partition coefficient (Wildman–Crippen LogP) is 3.78. The van der Waals surface area contributed by atoms with Crippen LogP contribution < -0.4 is 10.6 Å². The molecule has 47 heavy (non-hydrogen) atoms. The number of amides is 2. The van der Waals surface area contributed by atoms with Gasteiger partial charge in [-0.3, -0.25) is 9.59 Å². The number of hydrogen-bond donors (Lipinski definition) is 2. The summed E-state index contributed by atoms with van der Waals surface area (Å²) < 4.78 is 86.7. The summed E-state index contributed by atoms with van der Waals surface area (Å²) in [6.45, 7) is 3.02. The molecule has 19 heteroatoms. The number of nitrogens with one attached hydrogen (secondary N) is 2. The number of aromatic nitrogens is 7. The van der Waals surface area contributed by atoms with Crippen molar-refractivity contribution in [3.8, 4) is 0 Å². The number of rotatable bonds is 9. The van der Waals surface area contributed by atoms with Crippen molar-refractivity contribution in [1.82, 2.24) is 45.7 Å². The molecule has 1 saturated heterocycles. The molecule has 4 aromatic rings. The fourth-order valence-corrected chi connectivity index (χ4v) is 6.48. The molecule has 2 aliphatic rings. The number of imidazole rings is 1. The Morgan fingerprint density at radius 3 is 2.55 bits per heavy atom. The van der Waals surface area contributed by atoms with Crippen LogP contribution in [0.25, 0.3) is 5.65 Å². The van der Waals surface area contributed by atoms with E-state index in [1.165, 1.54) is 43.9 Å². The Morgan fingerprint density at radius 1 is 1.21 bits per heavy atom. The van der Waals surface area contributed by atoms with Crippen molar-refractivity contribution in [2.24, 2.45) is 11.3 Å². The van der Waals surface area contributed by atoms with Gasteiger partial charge in [0.25, 0.3) is 5.91 Å². The fraction of sp³-hybridized carbons (Fsp3) is 0.571. The number of carbonyl (C=O) groups is 2. The molecule has 14 nitrogen and oxygen atoms in total. The Labute approximate surface area is 262 Å². The lowest BCUT2D eigenvalue weighted by Gasteiger charge is -2.33. The van der Waals surface area contributed by atoms with Gasteiger partial charge in [-0.05, 0) is 55.3 Å². The molecule has 2 amide bonds. The van der Waals surface area contributed by atoms with E-state index in [4.69, 9.17) is 9.15 Å². The highest BCUT2D eigenvalue weighted by Crippen LogP contribution is 2.49. The molecule has 2 fully saturated rings. The first-order chi connectivity index (χ1) is 22.2. The number of alkyl halides is 5. The summed E-state index contributed by atoms with van der Waals surface area (Å²) in [7, 11) is 1.23. The number of aryl methyl sites for hydroxylation is 2. The minimum Gasteiger partial charge on any atom is -0.423 e. The van der Waals surface area contributed by atoms with Crippen molar-refractivity contribution in [2.75, 3.05) is 7.11 Å². The molecule has 5 heterocycles. The number of nitrogens with zero attached hydrogens (tertiary/aromatic N) is 7. The molecule has 2 N–H and O–H groups in total. The van der Waals surface area contributed by atoms with Crippen molar-refractivity contribution in [1.29, 1.82) is 0 Å². The van der Waals surface area contributed by atoms with E-state index in [2.05, 4.69) is 40.5 Å². The number of fused-ring (bicyclic) bond motifs is 1. The molecule has 1 saturated carbocycles. The Morgan fingerprint density at radius 2 is 1.96 bits per heavy atom. The van der Waals surface area contributed by atoms with Gasteiger partial charge in [0, 0.05) is 26.9 Å². The average molecular weight is 668 g/mol. The normalized spacial score (nSPS) is 23.1. The van der Waals surface area contributed by atoms with Gasteiger partial charge in [0.15, 0.2) is 11.3 Å². The molecule has 252 valence electrons. The number of carbonyl (C=O) groups excluding carboxylic acids is 2. The second kappa shape index (κ2) is 11.9. The van der Waals surface area contributed by atoms with Gasteiger partial charge < -0.3 is 19.8 Å². The van der Waals surface area contributed by atoms with Crippen molar-refractivity contribution in [3.05, 3.63) is 52.9 Å². The largest absolute Gasteiger partial charge is 0.423 e. The topological polar surface area (TPSA) is 175 Å². The lowest BCUT2D eigenvalue weighted by atomic mass is 9.74. The van der Waals surface area contributed by atoms with Crippen LogP contribution in [0.2, 0.25) is 0 Å². The van der Waals surface area contributed by atoms with Crippen molar-refractivity contribution in [2.45, 2.75) is 82.7 Å². The summed E-state index contributed by atoms with van der Waals surface area (Å²) >= 11 is 0. The zero-order valence-electron chi connectivity index (χ0n) is 25.3. The zero-order chi connectivity index (χ0) is 33.7. The Hall–Kier alpha value is -4.55. The third-order valence-corrected chi connectivity index (χ3v) is 8.85. The van der Waals surface area contributed by atoms with E-state index in [1.54, 1.807) is 0 Å². The Kier molecular flexibility index (Phi) is 8.21. The standard InChI is InChI=1S/C28H30F5N9O5/c1-13-20(41-47-40-13)23(43)37-21(16-4-6-27(29,30)7-5-16)17-12-42-19(35-17)8-15(11-34-42)9-26(10-18(28(31,32)33)36-25(26)44)22(45-3)24-39-38-14(2)46-24/h8,11-12,16,18,21-22H,4-7,9-10H2,1-3H3,(H,36,44)(H,37,43)/t18-,21-,22-,26-/m0/s1. The van der Waals surface area contributed by atoms with E-state index in [0.717, 1.165) is 0 Å². The van der Waals surface area contributed by atoms with E-state index >= 15 is 0 Å². The maximum atomic E-state index is 14.0. The van der Waals surface area contributed by atoms with Crippen LogP contribution in [0.3, 0.4) is 0 Å². The maximum absolute atomic E-state index is 14.0. The first-order valence-electron chi connectivity index (χ1n) is 14.7. The molecule has 4 aromatic heterocycles. The van der Waals surface area contributed by atoms with Crippen LogP contribution in [0.15, 0.2) is 27.5 Å². The van der Waals surface area contributed by atoms with Crippen LogP contribution in [-0.4, -0.2) is 72.2 Å². The molecule has 1 aliphatic heterocycles. The van der Waals surface area contributed by atoms with E-state index in [9.17, 15) is 31.5 Å². The van der Waals surface area contributed by atoms with Crippen LogP contribution in [-0.2, 0) is 16.0 Å². The Balaban J connectivity index is 1.34. The fourth-order valence-electron chi connectivity index (χ4n) is 6.48. The molecule has 6 rings (SSSR count). The summed E-state index contributed by atoms with van der Waals surface area (Å²) in [5.41, 5.74) is -0.763. The number of ether oxygens (including phenoxy) is 1. The Bertz CT molecular complexity index is 1780. The van der Waals surface area contributed by atoms with Gasteiger partial charge in [-0.25, -0.2) is 22.9 Å². The molecule has 0 unspecified atom stereocenters. The van der Waals surface area contributed by atoms with Gasteiger partial charge in [0.1, 0.15) is 17.8 Å². The summed E-state index contributed by atoms with van der Waals surface area (Å²) in [6.07, 6.45) is -4.64. The van der Waals surface area contributed by atoms with Crippen LogP contribution in [0.5, 0.6) is 0 Å². The minimum absolute atomic E-state index is 0.0678. The number of methoxy groups -OCH3 is 1. The maximum Gasteiger partial charge on any atom is 0.408 e. The lowest BCUT2D eigenvalue weighted by Crippen LogP contribution is -2.41. The summed E-state index contributed by atoms with van der Waals surface area (Å²) in [4.78, 5) is 31.1. The van der Waals surface area contributed by atoms with E-state index < -0.39 is 59.9 Å². The first-order valence-corrected chi connectivity index (χ1v) is 14.7. The van der Waals surface area contributed by atoms with Crippen molar-refractivity contribution in [3.63, 3.8) is 0 Å². The number of halogens is 5. The zero-order valence-corrected chi connectivity index (χ0v) is 25.3. The van der Waals surface area contributed by atoms with E-state index in [-0.39, 0.29) is 60.9 Å². The van der Waals surface area contributed by atoms with Gasteiger partial charge in [-0.15, -0.1) is 10.2 Å². The number of hydrogen-bond acceptors (Lipinski definition) is 11. The summed E-state index contributed by atoms with van der Waals surface area (Å²) in [5, 5.41) is 24.1. The van der Waals surface area contributed by atoms with Gasteiger partial charge in [-0.2, -0.15) is 18.3 Å². The van der Waals surface area contributed by atoms with E-state index in [1.807, 2.05) is 5.32 Å². The van der Waals surface area contributed by atoms with Crippen LogP contribution in [0, 0.1) is 25.2 Å². The van der Waals surface area contributed by atoms with Gasteiger partial charge >= 0.3 is 6.18 Å². The third kappa shape index (κ3) is 6.27. The molecule has 0 aromatic carbocycles. The highest BCUT2D eigenvalue weighted by molar-refractivity contribution is 5.93. The molecule has 0 radical (unpaired) electrons. The summed E-state index contributed by atoms with van der Waals surface area (Å²) in [5.74, 6) is -4.80. The second-order valence-electron chi connectivity index (χ2n) is 12.1. The SMILES string of the molecule is CO[C@@H](c1nnc(C)o1)[C@]1(Cc2cnn3cc([C@@H](NC(=O)c4nonc4C)C4CCC(F)(F)CC4)nc3c2)C[C@@H](C(F)(F)F)NC1=O. The quantitative estimate of drug-likeness (QED) is 0.249. The van der Waals surface area contributed by atoms with Gasteiger partial charge in [0.05, 0.1) is 29.5 Å². The molecular formula is C28H30F5N9O5. The molecule has 1 aliphatic carbocycles. The first kappa shape index (κ1) is 32.4. The third-order valence-electron chi connectivity index (χ3n) is 8.85. The average Bonchev–Trinajstić information content (AvgIpc) is 3.79. The predicted molar refractivity (Wildman–Crippen MR) is 147 cm³/mol. The van der Waals surface area contributed by atoms with Crippen molar-refractivity contribution >= 4 is 17.5 Å².